The first-order valence-electron chi connectivity index (χ1n) is 7.34. The maximum absolute atomic E-state index is 11.6. The summed E-state index contributed by atoms with van der Waals surface area (Å²) < 4.78 is 24.5. The zero-order valence-electron chi connectivity index (χ0n) is 12.9. The van der Waals surface area contributed by atoms with E-state index in [2.05, 4.69) is 22.0 Å². The molecule has 2 heterocycles. The van der Waals surface area contributed by atoms with E-state index in [9.17, 15) is 4.21 Å². The number of fused-ring (bicyclic) bond motifs is 1. The van der Waals surface area contributed by atoms with Gasteiger partial charge in [-0.05, 0) is 30.2 Å². The quantitative estimate of drug-likeness (QED) is 0.917. The number of nitrogens with zero attached hydrogens (tertiary/aromatic N) is 2. The van der Waals surface area contributed by atoms with Crippen LogP contribution in [-0.4, -0.2) is 52.3 Å². The minimum Gasteiger partial charge on any atom is -0.497 e. The number of benzene rings is 1. The molecule has 0 aliphatic carbocycles. The van der Waals surface area contributed by atoms with E-state index in [1.54, 1.807) is 13.4 Å². The third-order valence-corrected chi connectivity index (χ3v) is 5.87. The van der Waals surface area contributed by atoms with Crippen LogP contribution < -0.4 is 4.74 Å². The molecule has 1 aliphatic rings. The van der Waals surface area contributed by atoms with Gasteiger partial charge in [0.1, 0.15) is 5.75 Å². The highest BCUT2D eigenvalue weighted by molar-refractivity contribution is 7.92. The Kier molecular flexibility index (Phi) is 4.06. The first kappa shape index (κ1) is 15.2. The van der Waals surface area contributed by atoms with Gasteiger partial charge in [-0.15, -0.1) is 0 Å². The van der Waals surface area contributed by atoms with Crippen molar-refractivity contribution in [1.82, 2.24) is 9.88 Å². The van der Waals surface area contributed by atoms with E-state index in [0.717, 1.165) is 42.7 Å². The summed E-state index contributed by atoms with van der Waals surface area (Å²) in [5, 5.41) is 1.19. The lowest BCUT2D eigenvalue weighted by atomic mass is 10.0. The number of ether oxygens (including phenoxy) is 1. The third-order valence-electron chi connectivity index (χ3n) is 4.30. The van der Waals surface area contributed by atoms with Gasteiger partial charge in [0, 0.05) is 53.3 Å². The van der Waals surface area contributed by atoms with Crippen molar-refractivity contribution in [3.8, 4) is 5.75 Å². The number of likely N-dealkylation sites (tertiary alicyclic amines) is 1. The van der Waals surface area contributed by atoms with Gasteiger partial charge in [0.05, 0.1) is 17.9 Å². The van der Waals surface area contributed by atoms with Gasteiger partial charge < -0.3 is 9.64 Å². The minimum absolute atomic E-state index is 0.0333. The highest BCUT2D eigenvalue weighted by Gasteiger charge is 2.31. The van der Waals surface area contributed by atoms with E-state index in [0.29, 0.717) is 0 Å². The van der Waals surface area contributed by atoms with Gasteiger partial charge in [-0.1, -0.05) is 0 Å². The van der Waals surface area contributed by atoms with Gasteiger partial charge >= 0.3 is 0 Å². The summed E-state index contributed by atoms with van der Waals surface area (Å²) in [6, 6.07) is 8.02. The Balaban J connectivity index is 1.68. The van der Waals surface area contributed by atoms with Gasteiger partial charge in [0.15, 0.2) is 0 Å². The average Bonchev–Trinajstić information content (AvgIpc) is 2.43. The average molecular weight is 319 g/mol. The number of hydrogen-bond acceptors (Lipinski definition) is 5. The summed E-state index contributed by atoms with van der Waals surface area (Å²) in [7, 11) is -0.734. The predicted molar refractivity (Wildman–Crippen MR) is 89.0 cm³/mol. The van der Waals surface area contributed by atoms with Crippen molar-refractivity contribution in [1.29, 1.82) is 4.78 Å². The van der Waals surface area contributed by atoms with Crippen molar-refractivity contribution >= 4 is 20.6 Å². The Morgan fingerprint density at radius 1 is 1.41 bits per heavy atom. The molecule has 1 fully saturated rings. The highest BCUT2D eigenvalue weighted by atomic mass is 32.2. The smallest absolute Gasteiger partial charge is 0.121 e. The predicted octanol–water partition coefficient (Wildman–Crippen LogP) is 2.15. The van der Waals surface area contributed by atoms with E-state index < -0.39 is 9.73 Å². The standard InChI is InChI=1S/C16H21N3O2S/c1-21-13-3-4-15-12(5-7-18-16(15)9-13)6-8-19-10-14(11-19)22(2,17)20/h3-5,7,9,14,17H,6,8,10-11H2,1-2H3. The van der Waals surface area contributed by atoms with E-state index in [-0.39, 0.29) is 5.25 Å². The molecule has 1 atom stereocenters. The Hall–Kier alpha value is -1.66. The lowest BCUT2D eigenvalue weighted by Gasteiger charge is -2.39. The van der Waals surface area contributed by atoms with Gasteiger partial charge in [-0.25, -0.2) is 4.21 Å². The normalized spacial score (nSPS) is 18.8. The number of pyridine rings is 1. The van der Waals surface area contributed by atoms with Crippen LogP contribution in [-0.2, 0) is 16.1 Å². The van der Waals surface area contributed by atoms with Gasteiger partial charge in [0.2, 0.25) is 0 Å². The zero-order valence-corrected chi connectivity index (χ0v) is 13.7. The molecular formula is C16H21N3O2S. The van der Waals surface area contributed by atoms with Crippen molar-refractivity contribution in [2.24, 2.45) is 0 Å². The van der Waals surface area contributed by atoms with Crippen LogP contribution in [0, 0.1) is 4.78 Å². The molecule has 1 aromatic heterocycles. The summed E-state index contributed by atoms with van der Waals surface area (Å²) in [5.41, 5.74) is 2.21. The SMILES string of the molecule is COc1ccc2c(CCN3CC(S(C)(=N)=O)C3)ccnc2c1. The van der Waals surface area contributed by atoms with E-state index >= 15 is 0 Å². The van der Waals surface area contributed by atoms with Crippen LogP contribution in [0.15, 0.2) is 30.5 Å². The molecular weight excluding hydrogens is 298 g/mol. The zero-order chi connectivity index (χ0) is 15.7. The molecule has 0 spiro atoms. The molecule has 0 radical (unpaired) electrons. The molecule has 0 bridgehead atoms. The Labute approximate surface area is 131 Å². The maximum Gasteiger partial charge on any atom is 0.121 e. The number of hydrogen-bond donors (Lipinski definition) is 1. The van der Waals surface area contributed by atoms with Crippen LogP contribution in [0.1, 0.15) is 5.56 Å². The molecule has 1 saturated heterocycles. The summed E-state index contributed by atoms with van der Waals surface area (Å²) >= 11 is 0. The lowest BCUT2D eigenvalue weighted by Crippen LogP contribution is -2.54. The van der Waals surface area contributed by atoms with Gasteiger partial charge in [-0.3, -0.25) is 9.76 Å². The second-order valence-electron chi connectivity index (χ2n) is 5.89. The van der Waals surface area contributed by atoms with Crippen LogP contribution in [0.5, 0.6) is 5.75 Å². The molecule has 0 saturated carbocycles. The number of rotatable bonds is 5. The highest BCUT2D eigenvalue weighted by Crippen LogP contribution is 2.23. The van der Waals surface area contributed by atoms with Gasteiger partial charge in [-0.2, -0.15) is 0 Å². The first-order valence-corrected chi connectivity index (χ1v) is 9.37. The van der Waals surface area contributed by atoms with Gasteiger partial charge in [0.25, 0.3) is 0 Å². The van der Waals surface area contributed by atoms with Crippen LogP contribution in [0.25, 0.3) is 10.9 Å². The molecule has 1 aliphatic heterocycles. The second kappa shape index (κ2) is 5.85. The molecule has 6 heteroatoms. The fourth-order valence-corrected chi connectivity index (χ4v) is 3.79. The summed E-state index contributed by atoms with van der Waals surface area (Å²) in [5.74, 6) is 0.816. The van der Waals surface area contributed by atoms with Crippen LogP contribution in [0.2, 0.25) is 0 Å². The lowest BCUT2D eigenvalue weighted by molar-refractivity contribution is 0.190. The minimum atomic E-state index is -2.39. The molecule has 0 amide bonds. The number of nitrogens with one attached hydrogen (secondary N) is 1. The largest absolute Gasteiger partial charge is 0.497 e. The molecule has 3 rings (SSSR count). The van der Waals surface area contributed by atoms with Crippen LogP contribution in [0.3, 0.4) is 0 Å². The van der Waals surface area contributed by atoms with Crippen molar-refractivity contribution in [2.45, 2.75) is 11.7 Å². The third kappa shape index (κ3) is 3.08. The number of aromatic nitrogens is 1. The van der Waals surface area contributed by atoms with E-state index in [4.69, 9.17) is 9.52 Å². The molecule has 5 nitrogen and oxygen atoms in total. The molecule has 2 aromatic rings. The monoisotopic (exact) mass is 319 g/mol. The molecule has 1 unspecified atom stereocenters. The van der Waals surface area contributed by atoms with Crippen molar-refractivity contribution in [3.05, 3.63) is 36.0 Å². The van der Waals surface area contributed by atoms with Crippen molar-refractivity contribution < 1.29 is 8.95 Å². The molecule has 118 valence electrons. The Bertz CT molecular complexity index is 783. The fourth-order valence-electron chi connectivity index (χ4n) is 2.80. The van der Waals surface area contributed by atoms with Crippen LogP contribution >= 0.6 is 0 Å². The Morgan fingerprint density at radius 2 is 2.18 bits per heavy atom. The first-order chi connectivity index (χ1) is 10.5. The van der Waals surface area contributed by atoms with Crippen molar-refractivity contribution in [3.63, 3.8) is 0 Å². The topological polar surface area (TPSA) is 66.3 Å². The second-order valence-corrected chi connectivity index (χ2v) is 8.36. The van der Waals surface area contributed by atoms with E-state index in [1.165, 1.54) is 5.56 Å². The molecule has 1 N–H and O–H groups in total. The Morgan fingerprint density at radius 3 is 2.86 bits per heavy atom. The fraction of sp³-hybridized carbons (Fsp3) is 0.438. The summed E-state index contributed by atoms with van der Waals surface area (Å²) in [4.78, 5) is 6.66. The van der Waals surface area contributed by atoms with E-state index in [1.807, 2.05) is 18.3 Å². The summed E-state index contributed by atoms with van der Waals surface area (Å²) in [6.45, 7) is 2.47. The summed E-state index contributed by atoms with van der Waals surface area (Å²) in [6.07, 6.45) is 4.30. The van der Waals surface area contributed by atoms with Crippen LogP contribution in [0.4, 0.5) is 0 Å². The molecule has 22 heavy (non-hydrogen) atoms. The maximum atomic E-state index is 11.6. The molecule has 1 aromatic carbocycles. The number of methoxy groups -OCH3 is 1. The van der Waals surface area contributed by atoms with Crippen molar-refractivity contribution in [2.75, 3.05) is 33.0 Å².